The molecule has 0 aromatic rings. The van der Waals surface area contributed by atoms with Crippen LogP contribution in [0.1, 0.15) is 33.1 Å². The molecule has 0 aliphatic carbocycles. The molecule has 0 radical (unpaired) electrons. The third-order valence-electron chi connectivity index (χ3n) is 4.27. The van der Waals surface area contributed by atoms with Crippen molar-refractivity contribution in [1.82, 2.24) is 16.0 Å². The minimum absolute atomic E-state index is 0.0391. The molecule has 4 atom stereocenters. The number of carboxylic acids is 3. The first-order chi connectivity index (χ1) is 14.8. The SMILES string of the molecule is CSCCC(NC(=O)C(CC(=O)O)NC(=O)C(N)C(C)C)C(=O)NC(CC(=O)O)C(=O)O. The zero-order valence-corrected chi connectivity index (χ0v) is 18.8. The maximum absolute atomic E-state index is 12.7. The molecule has 8 N–H and O–H groups in total. The van der Waals surface area contributed by atoms with Crippen molar-refractivity contribution in [1.29, 1.82) is 0 Å². The van der Waals surface area contributed by atoms with Gasteiger partial charge in [-0.15, -0.1) is 0 Å². The summed E-state index contributed by atoms with van der Waals surface area (Å²) in [6.07, 6.45) is 0.102. The second kappa shape index (κ2) is 14.2. The molecule has 3 amide bonds. The third kappa shape index (κ3) is 10.9. The lowest BCUT2D eigenvalue weighted by molar-refractivity contribution is -0.147. The van der Waals surface area contributed by atoms with Crippen LogP contribution in [0.25, 0.3) is 0 Å². The van der Waals surface area contributed by atoms with Crippen LogP contribution in [0.15, 0.2) is 0 Å². The zero-order chi connectivity index (χ0) is 25.0. The highest BCUT2D eigenvalue weighted by molar-refractivity contribution is 7.98. The van der Waals surface area contributed by atoms with E-state index in [0.29, 0.717) is 5.75 Å². The summed E-state index contributed by atoms with van der Waals surface area (Å²) >= 11 is 1.32. The number of amides is 3. The van der Waals surface area contributed by atoms with Crippen molar-refractivity contribution < 1.29 is 44.1 Å². The van der Waals surface area contributed by atoms with E-state index in [2.05, 4.69) is 10.6 Å². The van der Waals surface area contributed by atoms with Gasteiger partial charge in [0, 0.05) is 0 Å². The van der Waals surface area contributed by atoms with E-state index < -0.39 is 72.6 Å². The number of carboxylic acid groups (broad SMARTS) is 3. The van der Waals surface area contributed by atoms with Crippen molar-refractivity contribution in [2.75, 3.05) is 12.0 Å². The van der Waals surface area contributed by atoms with Crippen LogP contribution in [0, 0.1) is 5.92 Å². The Balaban J connectivity index is 5.51. The number of carbonyl (C=O) groups is 6. The lowest BCUT2D eigenvalue weighted by Gasteiger charge is -2.25. The predicted octanol–water partition coefficient (Wildman–Crippen LogP) is -1.79. The van der Waals surface area contributed by atoms with Gasteiger partial charge in [-0.3, -0.25) is 24.0 Å². The molecular weight excluding hydrogens is 448 g/mol. The normalized spacial score (nSPS) is 14.5. The average molecular weight is 479 g/mol. The van der Waals surface area contributed by atoms with E-state index >= 15 is 0 Å². The molecule has 0 aliphatic rings. The second-order valence-corrected chi connectivity index (χ2v) is 8.25. The number of hydrogen-bond acceptors (Lipinski definition) is 8. The van der Waals surface area contributed by atoms with Crippen molar-refractivity contribution in [3.63, 3.8) is 0 Å². The van der Waals surface area contributed by atoms with Gasteiger partial charge < -0.3 is 37.0 Å². The van der Waals surface area contributed by atoms with E-state index in [1.54, 1.807) is 20.1 Å². The van der Waals surface area contributed by atoms with Crippen LogP contribution in [0.2, 0.25) is 0 Å². The van der Waals surface area contributed by atoms with Crippen molar-refractivity contribution in [3.8, 4) is 0 Å². The van der Waals surface area contributed by atoms with Gasteiger partial charge in [0.1, 0.15) is 18.1 Å². The molecule has 4 unspecified atom stereocenters. The number of carbonyl (C=O) groups excluding carboxylic acids is 3. The number of rotatable bonds is 15. The van der Waals surface area contributed by atoms with Gasteiger partial charge in [0.25, 0.3) is 0 Å². The van der Waals surface area contributed by atoms with Crippen LogP contribution < -0.4 is 21.7 Å². The predicted molar refractivity (Wildman–Crippen MR) is 114 cm³/mol. The van der Waals surface area contributed by atoms with Gasteiger partial charge in [-0.2, -0.15) is 11.8 Å². The van der Waals surface area contributed by atoms with Gasteiger partial charge in [0.15, 0.2) is 0 Å². The molecule has 0 saturated carbocycles. The van der Waals surface area contributed by atoms with Crippen molar-refractivity contribution in [3.05, 3.63) is 0 Å². The van der Waals surface area contributed by atoms with Gasteiger partial charge in [-0.25, -0.2) is 4.79 Å². The molecule has 0 aliphatic heterocycles. The molecule has 182 valence electrons. The lowest BCUT2D eigenvalue weighted by atomic mass is 10.0. The van der Waals surface area contributed by atoms with Gasteiger partial charge in [0.2, 0.25) is 17.7 Å². The van der Waals surface area contributed by atoms with Crippen LogP contribution in [0.3, 0.4) is 0 Å². The van der Waals surface area contributed by atoms with E-state index in [1.807, 2.05) is 5.32 Å². The highest BCUT2D eigenvalue weighted by Gasteiger charge is 2.32. The molecule has 0 spiro atoms. The largest absolute Gasteiger partial charge is 0.481 e. The molecule has 0 rings (SSSR count). The zero-order valence-electron chi connectivity index (χ0n) is 18.0. The number of nitrogens with two attached hydrogens (primary N) is 1. The Kier molecular flexibility index (Phi) is 13.0. The van der Waals surface area contributed by atoms with Crippen molar-refractivity contribution in [2.24, 2.45) is 11.7 Å². The molecule has 0 aromatic heterocycles. The maximum atomic E-state index is 12.7. The fraction of sp³-hybridized carbons (Fsp3) is 0.667. The highest BCUT2D eigenvalue weighted by Crippen LogP contribution is 2.06. The molecule has 0 fully saturated rings. The molecule has 0 aromatic carbocycles. The maximum Gasteiger partial charge on any atom is 0.326 e. The Morgan fingerprint density at radius 3 is 1.66 bits per heavy atom. The summed E-state index contributed by atoms with van der Waals surface area (Å²) < 4.78 is 0. The summed E-state index contributed by atoms with van der Waals surface area (Å²) in [7, 11) is 0. The second-order valence-electron chi connectivity index (χ2n) is 7.27. The van der Waals surface area contributed by atoms with Crippen LogP contribution in [0.4, 0.5) is 0 Å². The van der Waals surface area contributed by atoms with Crippen LogP contribution in [0.5, 0.6) is 0 Å². The Bertz CT molecular complexity index is 717. The summed E-state index contributed by atoms with van der Waals surface area (Å²) in [5, 5.41) is 33.6. The highest BCUT2D eigenvalue weighted by atomic mass is 32.2. The molecular formula is C18H30N4O9S. The molecule has 0 bridgehead atoms. The summed E-state index contributed by atoms with van der Waals surface area (Å²) in [4.78, 5) is 70.5. The quantitative estimate of drug-likeness (QED) is 0.139. The van der Waals surface area contributed by atoms with Gasteiger partial charge in [-0.05, 0) is 24.3 Å². The number of thioether (sulfide) groups is 1. The van der Waals surface area contributed by atoms with Gasteiger partial charge in [0.05, 0.1) is 18.9 Å². The first-order valence-corrected chi connectivity index (χ1v) is 11.0. The topological polar surface area (TPSA) is 225 Å². The Hall–Kier alpha value is -2.87. The Morgan fingerprint density at radius 2 is 1.22 bits per heavy atom. The van der Waals surface area contributed by atoms with E-state index in [1.165, 1.54) is 11.8 Å². The molecule has 13 nitrogen and oxygen atoms in total. The van der Waals surface area contributed by atoms with Gasteiger partial charge in [-0.1, -0.05) is 13.8 Å². The van der Waals surface area contributed by atoms with Crippen molar-refractivity contribution in [2.45, 2.75) is 57.3 Å². The fourth-order valence-corrected chi connectivity index (χ4v) is 2.85. The summed E-state index contributed by atoms with van der Waals surface area (Å²) in [5.74, 6) is -7.03. The van der Waals surface area contributed by atoms with Crippen molar-refractivity contribution >= 4 is 47.4 Å². The third-order valence-corrected chi connectivity index (χ3v) is 4.91. The lowest BCUT2D eigenvalue weighted by Crippen LogP contribution is -2.58. The first kappa shape index (κ1) is 29.1. The van der Waals surface area contributed by atoms with Crippen LogP contribution in [-0.2, 0) is 28.8 Å². The van der Waals surface area contributed by atoms with E-state index in [9.17, 15) is 28.8 Å². The van der Waals surface area contributed by atoms with E-state index in [4.69, 9.17) is 21.1 Å². The minimum Gasteiger partial charge on any atom is -0.481 e. The fourth-order valence-electron chi connectivity index (χ4n) is 2.38. The summed E-state index contributed by atoms with van der Waals surface area (Å²) in [6, 6.07) is -5.56. The summed E-state index contributed by atoms with van der Waals surface area (Å²) in [6.45, 7) is 3.32. The Labute approximate surface area is 188 Å². The number of hydrogen-bond donors (Lipinski definition) is 7. The van der Waals surface area contributed by atoms with Crippen LogP contribution in [-0.4, -0.2) is 87.1 Å². The number of nitrogens with one attached hydrogen (secondary N) is 3. The average Bonchev–Trinajstić information content (AvgIpc) is 2.68. The first-order valence-electron chi connectivity index (χ1n) is 9.62. The standard InChI is InChI=1S/C18H30N4O9S/c1-8(2)14(19)17(29)21-10(6-12(23)24)16(28)20-9(4-5-32-3)15(27)22-11(18(30)31)7-13(25)26/h8-11,14H,4-7,19H2,1-3H3,(H,20,28)(H,21,29)(H,22,27)(H,23,24)(H,25,26)(H,30,31). The van der Waals surface area contributed by atoms with Crippen LogP contribution >= 0.6 is 11.8 Å². The van der Waals surface area contributed by atoms with E-state index in [0.717, 1.165) is 0 Å². The Morgan fingerprint density at radius 1 is 0.781 bits per heavy atom. The molecule has 0 saturated heterocycles. The van der Waals surface area contributed by atoms with Gasteiger partial charge >= 0.3 is 17.9 Å². The monoisotopic (exact) mass is 478 g/mol. The molecule has 32 heavy (non-hydrogen) atoms. The minimum atomic E-state index is -1.73. The van der Waals surface area contributed by atoms with E-state index in [-0.39, 0.29) is 12.3 Å². The molecule has 0 heterocycles. The smallest absolute Gasteiger partial charge is 0.326 e. The number of aliphatic carboxylic acids is 3. The summed E-state index contributed by atoms with van der Waals surface area (Å²) in [5.41, 5.74) is 5.72. The molecule has 14 heteroatoms.